The van der Waals surface area contributed by atoms with Crippen LogP contribution in [-0.2, 0) is 4.79 Å². The summed E-state index contributed by atoms with van der Waals surface area (Å²) in [5.74, 6) is 3.98. The van der Waals surface area contributed by atoms with Crippen molar-refractivity contribution >= 4 is 29.0 Å². The molecule has 0 saturated heterocycles. The minimum atomic E-state index is 0.127. The van der Waals surface area contributed by atoms with Crippen LogP contribution in [0.4, 0.5) is 0 Å². The third-order valence-corrected chi connectivity index (χ3v) is 9.09. The molecule has 1 amide bonds. The van der Waals surface area contributed by atoms with Crippen molar-refractivity contribution in [2.45, 2.75) is 75.5 Å². The quantitative estimate of drug-likeness (QED) is 0.617. The predicted molar refractivity (Wildman–Crippen MR) is 118 cm³/mol. The van der Waals surface area contributed by atoms with Gasteiger partial charge in [0.2, 0.25) is 5.91 Å². The van der Waals surface area contributed by atoms with Crippen LogP contribution < -0.4 is 5.32 Å². The Morgan fingerprint density at radius 1 is 1.28 bits per heavy atom. The minimum absolute atomic E-state index is 0.127. The number of hydrogen-bond acceptors (Lipinski definition) is 5. The molecule has 2 bridgehead atoms. The zero-order valence-electron chi connectivity index (χ0n) is 17.0. The van der Waals surface area contributed by atoms with Gasteiger partial charge in [0.15, 0.2) is 11.0 Å². The minimum Gasteiger partial charge on any atom is -0.353 e. The molecule has 29 heavy (non-hydrogen) atoms. The number of fused-ring (bicyclic) bond motifs is 2. The Labute approximate surface area is 181 Å². The van der Waals surface area contributed by atoms with Crippen molar-refractivity contribution in [2.75, 3.05) is 5.75 Å². The Morgan fingerprint density at radius 3 is 2.83 bits per heavy atom. The lowest BCUT2D eigenvalue weighted by atomic mass is 9.84. The summed E-state index contributed by atoms with van der Waals surface area (Å²) in [5.41, 5.74) is 0. The van der Waals surface area contributed by atoms with Gasteiger partial charge >= 0.3 is 0 Å². The van der Waals surface area contributed by atoms with Gasteiger partial charge in [-0.3, -0.25) is 9.36 Å². The van der Waals surface area contributed by atoms with E-state index < -0.39 is 0 Å². The van der Waals surface area contributed by atoms with Crippen LogP contribution >= 0.6 is 23.1 Å². The van der Waals surface area contributed by atoms with Crippen LogP contribution in [0.3, 0.4) is 0 Å². The monoisotopic (exact) mass is 430 g/mol. The molecular formula is C22H30N4OS2. The molecule has 156 valence electrons. The maximum Gasteiger partial charge on any atom is 0.230 e. The van der Waals surface area contributed by atoms with E-state index in [9.17, 15) is 4.79 Å². The fraction of sp³-hybridized carbons (Fsp3) is 0.682. The Balaban J connectivity index is 1.34. The normalized spacial score (nSPS) is 27.6. The number of aromatic nitrogens is 3. The molecule has 3 saturated carbocycles. The number of thiophene rings is 1. The van der Waals surface area contributed by atoms with E-state index in [0.29, 0.717) is 23.8 Å². The summed E-state index contributed by atoms with van der Waals surface area (Å²) in [6.45, 7) is 2.34. The number of nitrogens with one attached hydrogen (secondary N) is 1. The van der Waals surface area contributed by atoms with Gasteiger partial charge in [0.25, 0.3) is 0 Å². The maximum atomic E-state index is 12.5. The number of carbonyl (C=O) groups excluding carboxylic acids is 1. The summed E-state index contributed by atoms with van der Waals surface area (Å²) in [6.07, 6.45) is 10.2. The summed E-state index contributed by atoms with van der Waals surface area (Å²) in [7, 11) is 0. The molecule has 5 rings (SSSR count). The molecule has 1 N–H and O–H groups in total. The van der Waals surface area contributed by atoms with Crippen LogP contribution in [0, 0.1) is 17.8 Å². The highest BCUT2D eigenvalue weighted by atomic mass is 32.2. The molecule has 0 spiro atoms. The summed E-state index contributed by atoms with van der Waals surface area (Å²) in [6, 6.07) is 4.94. The fourth-order valence-corrected chi connectivity index (χ4v) is 7.40. The molecule has 2 heterocycles. The molecule has 3 fully saturated rings. The molecule has 2 aromatic rings. The van der Waals surface area contributed by atoms with Gasteiger partial charge in [0.1, 0.15) is 0 Å². The molecule has 0 aromatic carbocycles. The van der Waals surface area contributed by atoms with E-state index in [2.05, 4.69) is 44.5 Å². The molecule has 4 unspecified atom stereocenters. The van der Waals surface area contributed by atoms with Crippen LogP contribution in [0.2, 0.25) is 0 Å². The van der Waals surface area contributed by atoms with Gasteiger partial charge < -0.3 is 5.32 Å². The van der Waals surface area contributed by atoms with Gasteiger partial charge in [-0.1, -0.05) is 37.1 Å². The fourth-order valence-electron chi connectivity index (χ4n) is 5.86. The number of hydrogen-bond donors (Lipinski definition) is 1. The topological polar surface area (TPSA) is 59.8 Å². The van der Waals surface area contributed by atoms with Gasteiger partial charge in [0, 0.05) is 12.1 Å². The average molecular weight is 431 g/mol. The summed E-state index contributed by atoms with van der Waals surface area (Å²) < 4.78 is 2.34. The highest BCUT2D eigenvalue weighted by Crippen LogP contribution is 2.53. The highest BCUT2D eigenvalue weighted by Gasteiger charge is 2.43. The van der Waals surface area contributed by atoms with Crippen LogP contribution in [-0.4, -0.2) is 32.5 Å². The van der Waals surface area contributed by atoms with Crippen molar-refractivity contribution in [2.24, 2.45) is 17.8 Å². The lowest BCUT2D eigenvalue weighted by molar-refractivity contribution is -0.119. The van der Waals surface area contributed by atoms with Crippen LogP contribution in [0.5, 0.6) is 0 Å². The number of nitrogens with zero attached hydrogens (tertiary/aromatic N) is 3. The zero-order chi connectivity index (χ0) is 19.8. The molecule has 7 heteroatoms. The van der Waals surface area contributed by atoms with Gasteiger partial charge in [-0.25, -0.2) is 0 Å². The number of carbonyl (C=O) groups is 1. The molecule has 5 nitrogen and oxygen atoms in total. The number of amides is 1. The lowest BCUT2D eigenvalue weighted by Crippen LogP contribution is -2.34. The molecule has 4 atom stereocenters. The van der Waals surface area contributed by atoms with E-state index in [4.69, 9.17) is 0 Å². The SMILES string of the molecule is CC(C1CC2CCC1C2)n1c(SCC(=O)NC2CCCC2)nnc1-c1cccs1. The Morgan fingerprint density at radius 2 is 2.14 bits per heavy atom. The molecule has 3 aliphatic rings. The van der Waals surface area contributed by atoms with Gasteiger partial charge in [-0.2, -0.15) is 0 Å². The summed E-state index contributed by atoms with van der Waals surface area (Å²) in [4.78, 5) is 13.6. The summed E-state index contributed by atoms with van der Waals surface area (Å²) in [5, 5.41) is 15.3. The van der Waals surface area contributed by atoms with Gasteiger partial charge in [-0.15, -0.1) is 21.5 Å². The lowest BCUT2D eigenvalue weighted by Gasteiger charge is -2.30. The standard InChI is InChI=1S/C22H30N4OS2/c1-14(18-12-15-8-9-16(18)11-15)26-21(19-7-4-10-28-19)24-25-22(26)29-13-20(27)23-17-5-2-3-6-17/h4,7,10,14-18H,2-3,5-6,8-9,11-13H2,1H3,(H,23,27). The first-order chi connectivity index (χ1) is 14.2. The first-order valence-electron chi connectivity index (χ1n) is 11.1. The predicted octanol–water partition coefficient (Wildman–Crippen LogP) is 5.15. The molecular weight excluding hydrogens is 400 g/mol. The largest absolute Gasteiger partial charge is 0.353 e. The van der Waals surface area contributed by atoms with Crippen molar-refractivity contribution in [1.82, 2.24) is 20.1 Å². The molecule has 2 aromatic heterocycles. The van der Waals surface area contributed by atoms with E-state index in [1.54, 1.807) is 23.1 Å². The summed E-state index contributed by atoms with van der Waals surface area (Å²) >= 11 is 3.26. The Hall–Kier alpha value is -1.34. The van der Waals surface area contributed by atoms with E-state index in [-0.39, 0.29) is 5.91 Å². The van der Waals surface area contributed by atoms with Crippen molar-refractivity contribution in [1.29, 1.82) is 0 Å². The Kier molecular flexibility index (Phi) is 5.69. The van der Waals surface area contributed by atoms with Crippen molar-refractivity contribution in [3.05, 3.63) is 17.5 Å². The van der Waals surface area contributed by atoms with Gasteiger partial charge in [-0.05, 0) is 68.2 Å². The second kappa shape index (κ2) is 8.42. The Bertz CT molecular complexity index is 843. The van der Waals surface area contributed by atoms with E-state index >= 15 is 0 Å². The third-order valence-electron chi connectivity index (χ3n) is 7.28. The van der Waals surface area contributed by atoms with Crippen molar-refractivity contribution in [3.63, 3.8) is 0 Å². The van der Waals surface area contributed by atoms with Crippen molar-refractivity contribution in [3.8, 4) is 10.7 Å². The molecule has 0 aliphatic heterocycles. The maximum absolute atomic E-state index is 12.5. The molecule has 0 radical (unpaired) electrons. The molecule has 3 aliphatic carbocycles. The highest BCUT2D eigenvalue weighted by molar-refractivity contribution is 7.99. The average Bonchev–Trinajstić information content (AvgIpc) is 3.53. The van der Waals surface area contributed by atoms with Crippen LogP contribution in [0.25, 0.3) is 10.7 Å². The second-order valence-electron chi connectivity index (χ2n) is 9.07. The first kappa shape index (κ1) is 19.6. The van der Waals surface area contributed by atoms with E-state index in [1.807, 2.05) is 0 Å². The van der Waals surface area contributed by atoms with Crippen molar-refractivity contribution < 1.29 is 4.79 Å². The van der Waals surface area contributed by atoms with E-state index in [0.717, 1.165) is 40.5 Å². The zero-order valence-corrected chi connectivity index (χ0v) is 18.7. The smallest absolute Gasteiger partial charge is 0.230 e. The van der Waals surface area contributed by atoms with Crippen LogP contribution in [0.15, 0.2) is 22.7 Å². The number of rotatable bonds is 7. The van der Waals surface area contributed by atoms with E-state index in [1.165, 1.54) is 38.5 Å². The van der Waals surface area contributed by atoms with Crippen LogP contribution in [0.1, 0.15) is 64.3 Å². The third kappa shape index (κ3) is 4.00. The first-order valence-corrected chi connectivity index (χ1v) is 13.0. The number of thioether (sulfide) groups is 1. The second-order valence-corrected chi connectivity index (χ2v) is 11.0. The van der Waals surface area contributed by atoms with Gasteiger partial charge in [0.05, 0.1) is 10.6 Å².